The summed E-state index contributed by atoms with van der Waals surface area (Å²) in [5, 5.41) is 8.00. The quantitative estimate of drug-likeness (QED) is 0.640. The first-order valence-corrected chi connectivity index (χ1v) is 11.0. The van der Waals surface area contributed by atoms with Crippen LogP contribution in [0.5, 0.6) is 0 Å². The van der Waals surface area contributed by atoms with Gasteiger partial charge in [0.25, 0.3) is 0 Å². The number of ether oxygens (including phenoxy) is 2. The van der Waals surface area contributed by atoms with Crippen molar-refractivity contribution in [2.45, 2.75) is 18.6 Å². The Balaban J connectivity index is 1.85. The lowest BCUT2D eigenvalue weighted by Gasteiger charge is -2.29. The van der Waals surface area contributed by atoms with Crippen LogP contribution in [0.25, 0.3) is 0 Å². The van der Waals surface area contributed by atoms with Gasteiger partial charge in [0.2, 0.25) is 5.91 Å². The maximum atomic E-state index is 14.3. The van der Waals surface area contributed by atoms with Gasteiger partial charge in [0, 0.05) is 24.2 Å². The Morgan fingerprint density at radius 1 is 1.41 bits per heavy atom. The van der Waals surface area contributed by atoms with E-state index >= 15 is 0 Å². The highest BCUT2D eigenvalue weighted by Crippen LogP contribution is 2.39. The van der Waals surface area contributed by atoms with Crippen molar-refractivity contribution in [3.63, 3.8) is 0 Å². The van der Waals surface area contributed by atoms with E-state index < -0.39 is 23.9 Å². The number of halogens is 2. The number of hydrogen-bond acceptors (Lipinski definition) is 8. The van der Waals surface area contributed by atoms with Gasteiger partial charge in [-0.1, -0.05) is 23.7 Å². The smallest absolute Gasteiger partial charge is 0.338 e. The summed E-state index contributed by atoms with van der Waals surface area (Å²) >= 11 is 7.61. The van der Waals surface area contributed by atoms with Gasteiger partial charge in [-0.25, -0.2) is 14.2 Å². The SMILES string of the molecule is CNC(=O)C1COC(C2=C(C(=O)OC)C(c3cccc(F)c3Cl)N=C(c3nccs3)N2)C1. The second kappa shape index (κ2) is 9.35. The number of hydrogen-bond donors (Lipinski definition) is 2. The number of methoxy groups -OCH3 is 1. The number of benzene rings is 1. The lowest BCUT2D eigenvalue weighted by molar-refractivity contribution is -0.136. The van der Waals surface area contributed by atoms with Crippen LogP contribution in [0, 0.1) is 11.7 Å². The topological polar surface area (TPSA) is 102 Å². The van der Waals surface area contributed by atoms with Crippen molar-refractivity contribution >= 4 is 40.6 Å². The number of aromatic nitrogens is 1. The lowest BCUT2D eigenvalue weighted by atomic mass is 9.92. The monoisotopic (exact) mass is 478 g/mol. The molecule has 8 nitrogen and oxygen atoms in total. The van der Waals surface area contributed by atoms with Crippen LogP contribution in [0.3, 0.4) is 0 Å². The predicted octanol–water partition coefficient (Wildman–Crippen LogP) is 2.60. The summed E-state index contributed by atoms with van der Waals surface area (Å²) in [5.41, 5.74) is 0.845. The van der Waals surface area contributed by atoms with Crippen LogP contribution in [0.2, 0.25) is 5.02 Å². The summed E-state index contributed by atoms with van der Waals surface area (Å²) in [6, 6.07) is 3.38. The van der Waals surface area contributed by atoms with E-state index in [2.05, 4.69) is 20.6 Å². The number of nitrogens with one attached hydrogen (secondary N) is 2. The standard InChI is InChI=1S/C21H20ClFN4O4S/c1-24-19(28)10-8-13(31-9-10)17-14(21(29)30-2)16(11-4-3-5-12(23)15(11)22)26-18(27-17)20-25-6-7-32-20/h3-7,10,13,16H,8-9H2,1-2H3,(H,24,28)(H,26,27). The Morgan fingerprint density at radius 3 is 2.91 bits per heavy atom. The minimum absolute atomic E-state index is 0.141. The van der Waals surface area contributed by atoms with Crippen molar-refractivity contribution in [3.8, 4) is 0 Å². The van der Waals surface area contributed by atoms with Crippen molar-refractivity contribution in [1.29, 1.82) is 0 Å². The van der Waals surface area contributed by atoms with Crippen molar-refractivity contribution in [2.75, 3.05) is 20.8 Å². The van der Waals surface area contributed by atoms with Gasteiger partial charge in [0.05, 0.1) is 42.0 Å². The van der Waals surface area contributed by atoms with Crippen LogP contribution in [0.1, 0.15) is 23.0 Å². The van der Waals surface area contributed by atoms with Gasteiger partial charge in [0.15, 0.2) is 10.8 Å². The van der Waals surface area contributed by atoms with E-state index in [9.17, 15) is 14.0 Å². The number of nitrogens with zero attached hydrogens (tertiary/aromatic N) is 2. The summed E-state index contributed by atoms with van der Waals surface area (Å²) in [4.78, 5) is 34.0. The molecule has 1 saturated heterocycles. The molecule has 1 aromatic carbocycles. The molecule has 11 heteroatoms. The van der Waals surface area contributed by atoms with Gasteiger partial charge >= 0.3 is 5.97 Å². The maximum Gasteiger partial charge on any atom is 0.338 e. The van der Waals surface area contributed by atoms with Gasteiger partial charge in [0.1, 0.15) is 11.9 Å². The van der Waals surface area contributed by atoms with E-state index in [0.29, 0.717) is 28.5 Å². The van der Waals surface area contributed by atoms with E-state index in [1.165, 1.54) is 30.6 Å². The molecule has 0 aliphatic carbocycles. The van der Waals surface area contributed by atoms with E-state index in [1.807, 2.05) is 0 Å². The minimum atomic E-state index is -0.955. The van der Waals surface area contributed by atoms with E-state index in [4.69, 9.17) is 21.1 Å². The normalized spacial score (nSPS) is 22.9. The van der Waals surface area contributed by atoms with E-state index in [-0.39, 0.29) is 29.0 Å². The summed E-state index contributed by atoms with van der Waals surface area (Å²) < 4.78 is 25.2. The molecular formula is C21H20ClFN4O4S. The molecule has 4 rings (SSSR count). The van der Waals surface area contributed by atoms with Crippen molar-refractivity contribution in [2.24, 2.45) is 10.9 Å². The average Bonchev–Trinajstić information content (AvgIpc) is 3.51. The lowest BCUT2D eigenvalue weighted by Crippen LogP contribution is -2.38. The Hall–Kier alpha value is -2.82. The van der Waals surface area contributed by atoms with Gasteiger partial charge < -0.3 is 20.1 Å². The largest absolute Gasteiger partial charge is 0.466 e. The number of carbonyl (C=O) groups excluding carboxylic acids is 2. The molecule has 2 aliphatic rings. The van der Waals surface area contributed by atoms with Crippen LogP contribution in [-0.4, -0.2) is 49.6 Å². The molecule has 2 N–H and O–H groups in total. The zero-order valence-corrected chi connectivity index (χ0v) is 18.8. The van der Waals surface area contributed by atoms with E-state index in [0.717, 1.165) is 0 Å². The molecule has 0 bridgehead atoms. The molecule has 3 heterocycles. The van der Waals surface area contributed by atoms with Crippen molar-refractivity contribution in [3.05, 3.63) is 62.5 Å². The number of aliphatic imine (C=N–C) groups is 1. The Labute approximate surface area is 192 Å². The first-order chi connectivity index (χ1) is 15.4. The molecule has 0 spiro atoms. The summed E-state index contributed by atoms with van der Waals surface area (Å²) in [6.07, 6.45) is 1.37. The molecule has 2 aromatic rings. The van der Waals surface area contributed by atoms with Gasteiger partial charge in [-0.05, 0) is 12.5 Å². The molecule has 1 fully saturated rings. The zero-order chi connectivity index (χ0) is 22.8. The van der Waals surface area contributed by atoms with Crippen LogP contribution in [-0.2, 0) is 19.1 Å². The third-order valence-electron chi connectivity index (χ3n) is 5.33. The molecule has 0 saturated carbocycles. The number of amides is 1. The molecule has 1 aromatic heterocycles. The molecule has 1 amide bonds. The number of thiazole rings is 1. The fourth-order valence-electron chi connectivity index (χ4n) is 3.77. The van der Waals surface area contributed by atoms with Crippen molar-refractivity contribution in [1.82, 2.24) is 15.6 Å². The first kappa shape index (κ1) is 22.4. The molecule has 2 aliphatic heterocycles. The Morgan fingerprint density at radius 2 is 2.22 bits per heavy atom. The van der Waals surface area contributed by atoms with Crippen LogP contribution in [0.4, 0.5) is 4.39 Å². The van der Waals surface area contributed by atoms with E-state index in [1.54, 1.807) is 24.7 Å². The predicted molar refractivity (Wildman–Crippen MR) is 117 cm³/mol. The van der Waals surface area contributed by atoms with Gasteiger partial charge in [-0.2, -0.15) is 0 Å². The van der Waals surface area contributed by atoms with Crippen molar-refractivity contribution < 1.29 is 23.5 Å². The molecule has 32 heavy (non-hydrogen) atoms. The molecule has 168 valence electrons. The molecule has 0 radical (unpaired) electrons. The summed E-state index contributed by atoms with van der Waals surface area (Å²) in [7, 11) is 2.81. The highest BCUT2D eigenvalue weighted by molar-refractivity contribution is 7.11. The number of rotatable bonds is 5. The number of esters is 1. The summed E-state index contributed by atoms with van der Waals surface area (Å²) in [6.45, 7) is 0.194. The average molecular weight is 479 g/mol. The van der Waals surface area contributed by atoms with Crippen LogP contribution >= 0.6 is 22.9 Å². The first-order valence-electron chi connectivity index (χ1n) is 9.78. The molecule has 3 unspecified atom stereocenters. The second-order valence-electron chi connectivity index (χ2n) is 7.17. The fraction of sp³-hybridized carbons (Fsp3) is 0.333. The van der Waals surface area contributed by atoms with Crippen LogP contribution in [0.15, 0.2) is 46.0 Å². The van der Waals surface area contributed by atoms with Gasteiger partial charge in [-0.3, -0.25) is 9.79 Å². The Kier molecular flexibility index (Phi) is 6.54. The third-order valence-corrected chi connectivity index (χ3v) is 6.51. The highest BCUT2D eigenvalue weighted by atomic mass is 35.5. The Bertz CT molecular complexity index is 1110. The fourth-order valence-corrected chi connectivity index (χ4v) is 4.59. The summed E-state index contributed by atoms with van der Waals surface area (Å²) in [5.74, 6) is -1.43. The second-order valence-corrected chi connectivity index (χ2v) is 8.45. The van der Waals surface area contributed by atoms with Crippen LogP contribution < -0.4 is 10.6 Å². The maximum absolute atomic E-state index is 14.3. The van der Waals surface area contributed by atoms with Gasteiger partial charge in [-0.15, -0.1) is 11.3 Å². The minimum Gasteiger partial charge on any atom is -0.466 e. The number of carbonyl (C=O) groups is 2. The zero-order valence-electron chi connectivity index (χ0n) is 17.2. The number of amidine groups is 1. The third kappa shape index (κ3) is 4.13. The molecular weight excluding hydrogens is 459 g/mol. The molecule has 3 atom stereocenters. The highest BCUT2D eigenvalue weighted by Gasteiger charge is 2.41.